The first-order chi connectivity index (χ1) is 7.90. The van der Waals surface area contributed by atoms with Gasteiger partial charge in [-0.2, -0.15) is 0 Å². The lowest BCUT2D eigenvalue weighted by Crippen LogP contribution is -2.35. The Kier molecular flexibility index (Phi) is 4.98. The molecule has 0 heterocycles. The standard InChI is InChI=1S/C12H18ClNO2S/c1-4-11(8-13)14-17(15,16)12-6-5-9(2)10(3)7-12/h5-7,11,14H,4,8H2,1-3H3. The van der Waals surface area contributed by atoms with Crippen LogP contribution in [0.2, 0.25) is 0 Å². The summed E-state index contributed by atoms with van der Waals surface area (Å²) >= 11 is 5.69. The molecule has 3 nitrogen and oxygen atoms in total. The summed E-state index contributed by atoms with van der Waals surface area (Å²) < 4.78 is 26.7. The van der Waals surface area contributed by atoms with Crippen LogP contribution in [-0.2, 0) is 10.0 Å². The fraction of sp³-hybridized carbons (Fsp3) is 0.500. The van der Waals surface area contributed by atoms with Crippen molar-refractivity contribution in [2.75, 3.05) is 5.88 Å². The van der Waals surface area contributed by atoms with Gasteiger partial charge in [0, 0.05) is 11.9 Å². The summed E-state index contributed by atoms with van der Waals surface area (Å²) in [7, 11) is -3.46. The van der Waals surface area contributed by atoms with Crippen molar-refractivity contribution in [1.29, 1.82) is 0 Å². The fourth-order valence-electron chi connectivity index (χ4n) is 1.39. The number of nitrogens with one attached hydrogen (secondary N) is 1. The average molecular weight is 276 g/mol. The van der Waals surface area contributed by atoms with Crippen LogP contribution >= 0.6 is 11.6 Å². The molecule has 0 bridgehead atoms. The van der Waals surface area contributed by atoms with Gasteiger partial charge in [0.15, 0.2) is 0 Å². The molecule has 0 aliphatic heterocycles. The highest BCUT2D eigenvalue weighted by Crippen LogP contribution is 2.15. The minimum absolute atomic E-state index is 0.219. The molecular weight excluding hydrogens is 258 g/mol. The van der Waals surface area contributed by atoms with E-state index >= 15 is 0 Å². The predicted molar refractivity (Wildman–Crippen MR) is 71.0 cm³/mol. The van der Waals surface area contributed by atoms with E-state index in [0.717, 1.165) is 11.1 Å². The van der Waals surface area contributed by atoms with Crippen LogP contribution in [0.1, 0.15) is 24.5 Å². The van der Waals surface area contributed by atoms with E-state index < -0.39 is 10.0 Å². The molecule has 96 valence electrons. The van der Waals surface area contributed by atoms with Crippen LogP contribution < -0.4 is 4.72 Å². The average Bonchev–Trinajstić information content (AvgIpc) is 2.29. The largest absolute Gasteiger partial charge is 0.240 e. The van der Waals surface area contributed by atoms with E-state index in [-0.39, 0.29) is 11.9 Å². The molecule has 5 heteroatoms. The fourth-order valence-corrected chi connectivity index (χ4v) is 3.18. The lowest BCUT2D eigenvalue weighted by Gasteiger charge is -2.14. The Labute approximate surface area is 108 Å². The molecule has 1 unspecified atom stereocenters. The van der Waals surface area contributed by atoms with Gasteiger partial charge < -0.3 is 0 Å². The third-order valence-corrected chi connectivity index (χ3v) is 4.68. The molecule has 1 aromatic rings. The highest BCUT2D eigenvalue weighted by Gasteiger charge is 2.18. The Hall–Kier alpha value is -0.580. The Bertz CT molecular complexity index is 481. The monoisotopic (exact) mass is 275 g/mol. The van der Waals surface area contributed by atoms with Gasteiger partial charge in [-0.05, 0) is 43.5 Å². The first-order valence-corrected chi connectivity index (χ1v) is 7.58. The zero-order valence-corrected chi connectivity index (χ0v) is 11.9. The number of hydrogen-bond acceptors (Lipinski definition) is 2. The van der Waals surface area contributed by atoms with Gasteiger partial charge >= 0.3 is 0 Å². The first-order valence-electron chi connectivity index (χ1n) is 5.56. The highest BCUT2D eigenvalue weighted by molar-refractivity contribution is 7.89. The second kappa shape index (κ2) is 5.85. The molecule has 1 rings (SSSR count). The van der Waals surface area contributed by atoms with E-state index in [9.17, 15) is 8.42 Å². The lowest BCUT2D eigenvalue weighted by atomic mass is 10.1. The van der Waals surface area contributed by atoms with Gasteiger partial charge in [-0.15, -0.1) is 11.6 Å². The van der Waals surface area contributed by atoms with Gasteiger partial charge in [-0.25, -0.2) is 13.1 Å². The number of halogens is 1. The van der Waals surface area contributed by atoms with Gasteiger partial charge in [-0.3, -0.25) is 0 Å². The number of benzene rings is 1. The van der Waals surface area contributed by atoms with E-state index in [4.69, 9.17) is 11.6 Å². The number of hydrogen-bond donors (Lipinski definition) is 1. The molecule has 0 aliphatic carbocycles. The Morgan fingerprint density at radius 3 is 2.41 bits per heavy atom. The topological polar surface area (TPSA) is 46.2 Å². The summed E-state index contributed by atoms with van der Waals surface area (Å²) in [6, 6.07) is 4.89. The second-order valence-corrected chi connectivity index (χ2v) is 6.15. The predicted octanol–water partition coefficient (Wildman–Crippen LogP) is 2.60. The zero-order valence-electron chi connectivity index (χ0n) is 10.3. The van der Waals surface area contributed by atoms with Crippen molar-refractivity contribution in [3.8, 4) is 0 Å². The normalized spacial score (nSPS) is 13.6. The maximum Gasteiger partial charge on any atom is 0.240 e. The molecule has 0 spiro atoms. The van der Waals surface area contributed by atoms with Crippen LogP contribution in [0.15, 0.2) is 23.1 Å². The first kappa shape index (κ1) is 14.5. The number of alkyl halides is 1. The smallest absolute Gasteiger partial charge is 0.207 e. The van der Waals surface area contributed by atoms with Gasteiger partial charge in [-0.1, -0.05) is 13.0 Å². The van der Waals surface area contributed by atoms with Crippen LogP contribution in [0.3, 0.4) is 0 Å². The minimum Gasteiger partial charge on any atom is -0.207 e. The van der Waals surface area contributed by atoms with Crippen molar-refractivity contribution >= 4 is 21.6 Å². The Morgan fingerprint density at radius 1 is 1.29 bits per heavy atom. The van der Waals surface area contributed by atoms with E-state index in [0.29, 0.717) is 11.3 Å². The number of aryl methyl sites for hydroxylation is 2. The van der Waals surface area contributed by atoms with Crippen molar-refractivity contribution in [1.82, 2.24) is 4.72 Å². The third kappa shape index (κ3) is 3.69. The quantitative estimate of drug-likeness (QED) is 0.840. The van der Waals surface area contributed by atoms with Crippen molar-refractivity contribution in [2.24, 2.45) is 0 Å². The van der Waals surface area contributed by atoms with Gasteiger partial charge in [0.2, 0.25) is 10.0 Å². The lowest BCUT2D eigenvalue weighted by molar-refractivity contribution is 0.557. The Balaban J connectivity index is 3.01. The molecule has 0 aromatic heterocycles. The molecular formula is C12H18ClNO2S. The van der Waals surface area contributed by atoms with Crippen LogP contribution in [-0.4, -0.2) is 20.3 Å². The highest BCUT2D eigenvalue weighted by atomic mass is 35.5. The maximum atomic E-state index is 12.1. The van der Waals surface area contributed by atoms with E-state index in [1.165, 1.54) is 0 Å². The van der Waals surface area contributed by atoms with Gasteiger partial charge in [0.1, 0.15) is 0 Å². The SMILES string of the molecule is CCC(CCl)NS(=O)(=O)c1ccc(C)c(C)c1. The molecule has 17 heavy (non-hydrogen) atoms. The van der Waals surface area contributed by atoms with Crippen molar-refractivity contribution in [2.45, 2.75) is 38.1 Å². The molecule has 0 amide bonds. The van der Waals surface area contributed by atoms with E-state index in [1.807, 2.05) is 26.8 Å². The summed E-state index contributed by atoms with van der Waals surface area (Å²) in [5, 5.41) is 0. The molecule has 0 saturated heterocycles. The molecule has 0 aliphatic rings. The van der Waals surface area contributed by atoms with Crippen LogP contribution in [0, 0.1) is 13.8 Å². The van der Waals surface area contributed by atoms with E-state index in [2.05, 4.69) is 4.72 Å². The summed E-state index contributed by atoms with van der Waals surface area (Å²) in [4.78, 5) is 0.296. The Morgan fingerprint density at radius 2 is 1.94 bits per heavy atom. The molecule has 1 aromatic carbocycles. The van der Waals surface area contributed by atoms with Crippen molar-refractivity contribution < 1.29 is 8.42 Å². The van der Waals surface area contributed by atoms with Crippen LogP contribution in [0.25, 0.3) is 0 Å². The van der Waals surface area contributed by atoms with Crippen LogP contribution in [0.5, 0.6) is 0 Å². The minimum atomic E-state index is -3.46. The van der Waals surface area contributed by atoms with E-state index in [1.54, 1.807) is 12.1 Å². The molecule has 1 atom stereocenters. The molecule has 0 radical (unpaired) electrons. The van der Waals surface area contributed by atoms with Crippen molar-refractivity contribution in [3.63, 3.8) is 0 Å². The molecule has 0 fully saturated rings. The number of rotatable bonds is 5. The summed E-state index contributed by atoms with van der Waals surface area (Å²) in [6.07, 6.45) is 0.674. The summed E-state index contributed by atoms with van der Waals surface area (Å²) in [5.74, 6) is 0.278. The summed E-state index contributed by atoms with van der Waals surface area (Å²) in [6.45, 7) is 5.75. The second-order valence-electron chi connectivity index (χ2n) is 4.13. The third-order valence-electron chi connectivity index (χ3n) is 2.79. The van der Waals surface area contributed by atoms with Crippen LogP contribution in [0.4, 0.5) is 0 Å². The zero-order chi connectivity index (χ0) is 13.1. The summed E-state index contributed by atoms with van der Waals surface area (Å²) in [5.41, 5.74) is 2.04. The van der Waals surface area contributed by atoms with Gasteiger partial charge in [0.05, 0.1) is 4.90 Å². The number of sulfonamides is 1. The molecule has 1 N–H and O–H groups in total. The molecule has 0 saturated carbocycles. The maximum absolute atomic E-state index is 12.1. The van der Waals surface area contributed by atoms with Crippen molar-refractivity contribution in [3.05, 3.63) is 29.3 Å². The van der Waals surface area contributed by atoms with Gasteiger partial charge in [0.25, 0.3) is 0 Å².